The molecule has 0 aromatic heterocycles. The number of carboxylic acid groups (broad SMARTS) is 1. The van der Waals surface area contributed by atoms with Gasteiger partial charge in [-0.15, -0.1) is 0 Å². The molecule has 5 heteroatoms. The lowest BCUT2D eigenvalue weighted by atomic mass is 10.2. The second kappa shape index (κ2) is 6.40. The van der Waals surface area contributed by atoms with Crippen LogP contribution in [0.25, 0.3) is 0 Å². The summed E-state index contributed by atoms with van der Waals surface area (Å²) < 4.78 is 5.13. The molecule has 88 valence electrons. The van der Waals surface area contributed by atoms with Crippen molar-refractivity contribution in [3.63, 3.8) is 0 Å². The average Bonchev–Trinajstić information content (AvgIpc) is 2.13. The Morgan fingerprint density at radius 1 is 1.33 bits per heavy atom. The van der Waals surface area contributed by atoms with E-state index in [1.165, 1.54) is 4.90 Å². The molecule has 0 aromatic carbocycles. The number of carbonyl (C=O) groups is 2. The summed E-state index contributed by atoms with van der Waals surface area (Å²) in [5, 5.41) is 8.66. The van der Waals surface area contributed by atoms with Crippen LogP contribution in [-0.2, 0) is 14.3 Å². The smallest absolute Gasteiger partial charge is 0.308 e. The van der Waals surface area contributed by atoms with Crippen LogP contribution in [0.15, 0.2) is 0 Å². The van der Waals surface area contributed by atoms with Crippen LogP contribution in [0.2, 0.25) is 0 Å². The van der Waals surface area contributed by atoms with Gasteiger partial charge in [0.05, 0.1) is 12.0 Å². The van der Waals surface area contributed by atoms with E-state index in [2.05, 4.69) is 0 Å². The Morgan fingerprint density at radius 3 is 2.27 bits per heavy atom. The lowest BCUT2D eigenvalue weighted by Crippen LogP contribution is -2.36. The van der Waals surface area contributed by atoms with Crippen LogP contribution in [0.1, 0.15) is 20.8 Å². The van der Waals surface area contributed by atoms with Crippen molar-refractivity contribution in [2.45, 2.75) is 26.9 Å². The maximum absolute atomic E-state index is 11.4. The van der Waals surface area contributed by atoms with Crippen LogP contribution in [-0.4, -0.2) is 48.2 Å². The lowest BCUT2D eigenvalue weighted by Gasteiger charge is -2.19. The Bertz CT molecular complexity index is 227. The van der Waals surface area contributed by atoms with Crippen molar-refractivity contribution in [1.29, 1.82) is 0 Å². The highest BCUT2D eigenvalue weighted by Crippen LogP contribution is 1.99. The van der Waals surface area contributed by atoms with Gasteiger partial charge in [0.2, 0.25) is 5.91 Å². The average molecular weight is 217 g/mol. The molecule has 0 heterocycles. The van der Waals surface area contributed by atoms with Crippen LogP contribution < -0.4 is 0 Å². The van der Waals surface area contributed by atoms with E-state index in [4.69, 9.17) is 9.84 Å². The number of nitrogens with zero attached hydrogens (tertiary/aromatic N) is 1. The maximum atomic E-state index is 11.4. The molecule has 15 heavy (non-hydrogen) atoms. The zero-order valence-corrected chi connectivity index (χ0v) is 9.69. The van der Waals surface area contributed by atoms with Crippen molar-refractivity contribution >= 4 is 11.9 Å². The predicted octanol–water partition coefficient (Wildman–Crippen LogP) is 0.591. The summed E-state index contributed by atoms with van der Waals surface area (Å²) in [5.74, 6) is -1.66. The first-order chi connectivity index (χ1) is 6.84. The van der Waals surface area contributed by atoms with Gasteiger partial charge in [-0.2, -0.15) is 0 Å². The SMILES string of the molecule is CC(C)OCC(=O)N(C)CC(C)C(=O)O. The van der Waals surface area contributed by atoms with Gasteiger partial charge in [-0.25, -0.2) is 0 Å². The highest BCUT2D eigenvalue weighted by molar-refractivity contribution is 5.78. The van der Waals surface area contributed by atoms with E-state index < -0.39 is 11.9 Å². The second-order valence-electron chi connectivity index (χ2n) is 3.87. The first kappa shape index (κ1) is 13.9. The van der Waals surface area contributed by atoms with E-state index in [0.29, 0.717) is 0 Å². The van der Waals surface area contributed by atoms with Gasteiger partial charge in [0.15, 0.2) is 0 Å². The number of amides is 1. The quantitative estimate of drug-likeness (QED) is 0.707. The second-order valence-corrected chi connectivity index (χ2v) is 3.87. The molecule has 0 fully saturated rings. The molecule has 0 radical (unpaired) electrons. The molecular formula is C10H19NO4. The molecule has 0 rings (SSSR count). The fourth-order valence-electron chi connectivity index (χ4n) is 0.939. The minimum absolute atomic E-state index is 0.000502. The van der Waals surface area contributed by atoms with E-state index >= 15 is 0 Å². The largest absolute Gasteiger partial charge is 0.481 e. The Kier molecular flexibility index (Phi) is 5.93. The number of likely N-dealkylation sites (N-methyl/N-ethyl adjacent to an activating group) is 1. The van der Waals surface area contributed by atoms with Crippen molar-refractivity contribution in [3.05, 3.63) is 0 Å². The number of hydrogen-bond acceptors (Lipinski definition) is 3. The van der Waals surface area contributed by atoms with E-state index in [9.17, 15) is 9.59 Å². The van der Waals surface area contributed by atoms with Crippen molar-refractivity contribution in [2.75, 3.05) is 20.2 Å². The highest BCUT2D eigenvalue weighted by Gasteiger charge is 2.17. The molecule has 0 aliphatic heterocycles. The van der Waals surface area contributed by atoms with Gasteiger partial charge in [-0.1, -0.05) is 6.92 Å². The summed E-state index contributed by atoms with van der Waals surface area (Å²) in [6.45, 7) is 5.45. The van der Waals surface area contributed by atoms with E-state index in [1.807, 2.05) is 13.8 Å². The zero-order chi connectivity index (χ0) is 12.0. The first-order valence-corrected chi connectivity index (χ1v) is 4.93. The van der Waals surface area contributed by atoms with Crippen LogP contribution in [0.5, 0.6) is 0 Å². The van der Waals surface area contributed by atoms with E-state index in [1.54, 1.807) is 14.0 Å². The monoisotopic (exact) mass is 217 g/mol. The van der Waals surface area contributed by atoms with Crippen molar-refractivity contribution in [1.82, 2.24) is 4.90 Å². The molecule has 0 bridgehead atoms. The third-order valence-corrected chi connectivity index (χ3v) is 1.94. The Labute approximate surface area is 90.0 Å². The molecule has 0 aromatic rings. The lowest BCUT2D eigenvalue weighted by molar-refractivity contribution is -0.143. The highest BCUT2D eigenvalue weighted by atomic mass is 16.5. The summed E-state index contributed by atoms with van der Waals surface area (Å²) in [6, 6.07) is 0. The predicted molar refractivity (Wildman–Crippen MR) is 55.5 cm³/mol. The van der Waals surface area contributed by atoms with Crippen LogP contribution in [0.4, 0.5) is 0 Å². The van der Waals surface area contributed by atoms with Gasteiger partial charge in [-0.3, -0.25) is 9.59 Å². The minimum atomic E-state index is -0.903. The van der Waals surface area contributed by atoms with Crippen LogP contribution in [0.3, 0.4) is 0 Å². The molecule has 0 saturated carbocycles. The number of rotatable bonds is 6. The Hall–Kier alpha value is -1.10. The summed E-state index contributed by atoms with van der Waals surface area (Å²) in [4.78, 5) is 23.3. The first-order valence-electron chi connectivity index (χ1n) is 4.93. The molecule has 5 nitrogen and oxygen atoms in total. The van der Waals surface area contributed by atoms with Crippen LogP contribution >= 0.6 is 0 Å². The molecule has 1 unspecified atom stereocenters. The number of carboxylic acids is 1. The van der Waals surface area contributed by atoms with Crippen molar-refractivity contribution < 1.29 is 19.4 Å². The normalized spacial score (nSPS) is 12.6. The number of aliphatic carboxylic acids is 1. The van der Waals surface area contributed by atoms with Gasteiger partial charge < -0.3 is 14.7 Å². The van der Waals surface area contributed by atoms with Crippen molar-refractivity contribution in [2.24, 2.45) is 5.92 Å². The zero-order valence-electron chi connectivity index (χ0n) is 9.69. The fourth-order valence-corrected chi connectivity index (χ4v) is 0.939. The summed E-state index contributed by atoms with van der Waals surface area (Å²) in [7, 11) is 1.57. The van der Waals surface area contributed by atoms with Gasteiger partial charge in [0, 0.05) is 13.6 Å². The summed E-state index contributed by atoms with van der Waals surface area (Å²) in [6.07, 6.45) is -0.000697. The van der Waals surface area contributed by atoms with Crippen LogP contribution in [0, 0.1) is 5.92 Å². The summed E-state index contributed by atoms with van der Waals surface area (Å²) in [5.41, 5.74) is 0. The Morgan fingerprint density at radius 2 is 1.87 bits per heavy atom. The molecule has 0 aliphatic carbocycles. The number of carbonyl (C=O) groups excluding carboxylic acids is 1. The Balaban J connectivity index is 3.93. The third-order valence-electron chi connectivity index (χ3n) is 1.94. The molecular weight excluding hydrogens is 198 g/mol. The van der Waals surface area contributed by atoms with Gasteiger partial charge in [0.25, 0.3) is 0 Å². The van der Waals surface area contributed by atoms with E-state index in [-0.39, 0.29) is 25.2 Å². The number of ether oxygens (including phenoxy) is 1. The standard InChI is InChI=1S/C10H19NO4/c1-7(2)15-6-9(12)11(4)5-8(3)10(13)14/h7-8H,5-6H2,1-4H3,(H,13,14). The molecule has 1 N–H and O–H groups in total. The van der Waals surface area contributed by atoms with Crippen molar-refractivity contribution in [3.8, 4) is 0 Å². The summed E-state index contributed by atoms with van der Waals surface area (Å²) >= 11 is 0. The topological polar surface area (TPSA) is 66.8 Å². The number of hydrogen-bond donors (Lipinski definition) is 1. The van der Waals surface area contributed by atoms with Gasteiger partial charge >= 0.3 is 5.97 Å². The van der Waals surface area contributed by atoms with Gasteiger partial charge in [0.1, 0.15) is 6.61 Å². The van der Waals surface area contributed by atoms with E-state index in [0.717, 1.165) is 0 Å². The minimum Gasteiger partial charge on any atom is -0.481 e. The molecule has 0 aliphatic rings. The fraction of sp³-hybridized carbons (Fsp3) is 0.800. The maximum Gasteiger partial charge on any atom is 0.308 e. The molecule has 0 saturated heterocycles. The molecule has 0 spiro atoms. The molecule has 1 atom stereocenters. The third kappa shape index (κ3) is 6.06. The molecule has 1 amide bonds. The van der Waals surface area contributed by atoms with Gasteiger partial charge in [-0.05, 0) is 13.8 Å².